The van der Waals surface area contributed by atoms with Crippen molar-refractivity contribution in [3.63, 3.8) is 0 Å². The Labute approximate surface area is 129 Å². The van der Waals surface area contributed by atoms with Crippen LogP contribution in [0.15, 0.2) is 38.2 Å². The Morgan fingerprint density at radius 2 is 2.26 bits per heavy atom. The lowest BCUT2D eigenvalue weighted by molar-refractivity contribution is -0.757. The molecule has 10 heteroatoms. The maximum absolute atomic E-state index is 11.9. The van der Waals surface area contributed by atoms with Gasteiger partial charge in [-0.05, 0) is 13.0 Å². The Balaban J connectivity index is 1.99. The molecule has 0 saturated heterocycles. The molecule has 0 fully saturated rings. The minimum absolute atomic E-state index is 0.00439. The molecule has 10 nitrogen and oxygen atoms in total. The van der Waals surface area contributed by atoms with Crippen LogP contribution in [0.2, 0.25) is 0 Å². The Bertz CT molecular complexity index is 765. The summed E-state index contributed by atoms with van der Waals surface area (Å²) in [5, 5.41) is 11.6. The maximum atomic E-state index is 11.9. The molecule has 0 bridgehead atoms. The second kappa shape index (κ2) is 7.20. The summed E-state index contributed by atoms with van der Waals surface area (Å²) in [6.07, 6.45) is 3.25. The van der Waals surface area contributed by atoms with Gasteiger partial charge in [0.2, 0.25) is 12.3 Å². The Morgan fingerprint density at radius 3 is 2.91 bits per heavy atom. The highest BCUT2D eigenvalue weighted by Gasteiger charge is 2.16. The summed E-state index contributed by atoms with van der Waals surface area (Å²) in [7, 11) is 0. The highest BCUT2D eigenvalue weighted by atomic mass is 16.9. The Morgan fingerprint density at radius 1 is 1.48 bits per heavy atom. The molecule has 0 atom stereocenters. The van der Waals surface area contributed by atoms with Crippen molar-refractivity contribution in [3.05, 3.63) is 62.3 Å². The Hall–Kier alpha value is -3.17. The Kier molecular flexibility index (Phi) is 5.07. The van der Waals surface area contributed by atoms with Crippen LogP contribution in [0.1, 0.15) is 21.9 Å². The summed E-state index contributed by atoms with van der Waals surface area (Å²) in [6, 6.07) is 3.23. The van der Waals surface area contributed by atoms with Crippen molar-refractivity contribution in [3.8, 4) is 0 Å². The first-order chi connectivity index (χ1) is 11.0. The molecule has 0 aromatic carbocycles. The third-order valence-electron chi connectivity index (χ3n) is 2.87. The number of rotatable bonds is 7. The molecule has 0 aliphatic heterocycles. The molecule has 2 heterocycles. The van der Waals surface area contributed by atoms with Crippen LogP contribution in [-0.2, 0) is 11.4 Å². The quantitative estimate of drug-likeness (QED) is 0.323. The fourth-order valence-electron chi connectivity index (χ4n) is 1.83. The van der Waals surface area contributed by atoms with Gasteiger partial charge < -0.3 is 19.0 Å². The first-order valence-electron chi connectivity index (χ1n) is 6.59. The maximum Gasteiger partial charge on any atom is 0.519 e. The number of aryl methyl sites for hydroxylation is 1. The summed E-state index contributed by atoms with van der Waals surface area (Å²) in [5.41, 5.74) is 0.345. The van der Waals surface area contributed by atoms with Crippen molar-refractivity contribution in [1.29, 1.82) is 0 Å². The monoisotopic (exact) mass is 324 g/mol. The fourth-order valence-corrected chi connectivity index (χ4v) is 1.83. The van der Waals surface area contributed by atoms with Gasteiger partial charge in [-0.15, -0.1) is 10.1 Å². The highest BCUT2D eigenvalue weighted by Crippen LogP contribution is 2.04. The van der Waals surface area contributed by atoms with Gasteiger partial charge in [0, 0.05) is 12.6 Å². The van der Waals surface area contributed by atoms with Crippen LogP contribution in [0.3, 0.4) is 0 Å². The second-order valence-corrected chi connectivity index (χ2v) is 4.51. The number of aromatic nitrogens is 1. The zero-order chi connectivity index (χ0) is 16.8. The molecule has 0 unspecified atom stereocenters. The smallest absolute Gasteiger partial charge is 0.396 e. The predicted molar refractivity (Wildman–Crippen MR) is 73.0 cm³/mol. The molecular weight excluding hydrogens is 310 g/mol. The molecule has 1 N–H and O–H groups in total. The number of amides is 1. The van der Waals surface area contributed by atoms with Gasteiger partial charge in [0.05, 0.1) is 0 Å². The van der Waals surface area contributed by atoms with E-state index in [0.29, 0.717) is 17.1 Å². The van der Waals surface area contributed by atoms with E-state index in [4.69, 9.17) is 8.83 Å². The number of nitrogens with one attached hydrogen (secondary N) is 1. The molecule has 2 aromatic rings. The van der Waals surface area contributed by atoms with E-state index in [1.165, 1.54) is 0 Å². The highest BCUT2D eigenvalue weighted by molar-refractivity contribution is 5.93. The van der Waals surface area contributed by atoms with Gasteiger partial charge in [-0.25, -0.2) is 4.79 Å². The largest absolute Gasteiger partial charge is 0.519 e. The molecule has 0 spiro atoms. The van der Waals surface area contributed by atoms with Crippen molar-refractivity contribution < 1.29 is 28.1 Å². The van der Waals surface area contributed by atoms with Crippen LogP contribution in [0.4, 0.5) is 0 Å². The van der Waals surface area contributed by atoms with Crippen LogP contribution >= 0.6 is 0 Å². The molecule has 0 saturated carbocycles. The van der Waals surface area contributed by atoms with E-state index in [1.54, 1.807) is 36.0 Å². The normalized spacial score (nSPS) is 10.3. The molecule has 23 heavy (non-hydrogen) atoms. The molecule has 0 aliphatic carbocycles. The van der Waals surface area contributed by atoms with Crippen molar-refractivity contribution in [2.45, 2.75) is 13.5 Å². The number of carbonyl (C=O) groups excluding carboxylic acids is 1. The molecule has 0 radical (unpaired) electrons. The number of carbonyl (C=O) groups is 1. The number of hydrogen-bond acceptors (Lipinski definition) is 7. The minimum Gasteiger partial charge on any atom is -0.396 e. The van der Waals surface area contributed by atoms with Crippen LogP contribution in [0.25, 0.3) is 0 Å². The van der Waals surface area contributed by atoms with Crippen molar-refractivity contribution >= 4 is 5.91 Å². The lowest BCUT2D eigenvalue weighted by Crippen LogP contribution is -2.36. The molecule has 2 rings (SSSR count). The molecular formula is C13H14N3O7+. The van der Waals surface area contributed by atoms with E-state index >= 15 is 0 Å². The summed E-state index contributed by atoms with van der Waals surface area (Å²) in [6.45, 7) is 1.60. The van der Waals surface area contributed by atoms with Gasteiger partial charge in [0.1, 0.15) is 12.2 Å². The van der Waals surface area contributed by atoms with Gasteiger partial charge in [-0.3, -0.25) is 4.79 Å². The van der Waals surface area contributed by atoms with Gasteiger partial charge in [0.15, 0.2) is 18.2 Å². The van der Waals surface area contributed by atoms with E-state index in [2.05, 4.69) is 10.2 Å². The average molecular weight is 324 g/mol. The van der Waals surface area contributed by atoms with Gasteiger partial charge in [0.25, 0.3) is 11.0 Å². The van der Waals surface area contributed by atoms with Crippen molar-refractivity contribution in [2.24, 2.45) is 0 Å². The second-order valence-electron chi connectivity index (χ2n) is 4.51. The van der Waals surface area contributed by atoms with Crippen LogP contribution in [0, 0.1) is 17.0 Å². The lowest BCUT2D eigenvalue weighted by atomic mass is 10.2. The standard InChI is InChI=1S/C13H13N3O7/c1-9-11(23-13(18)22-9)8-15-5-2-3-10(7-15)12(17)14-4-6-21-16(19)20/h2-3,5,7H,4,6,8H2,1H3/p+1. The van der Waals surface area contributed by atoms with E-state index in [-0.39, 0.29) is 19.7 Å². The van der Waals surface area contributed by atoms with Gasteiger partial charge >= 0.3 is 5.82 Å². The van der Waals surface area contributed by atoms with Crippen LogP contribution in [0.5, 0.6) is 0 Å². The number of nitrogens with zero attached hydrogens (tertiary/aromatic N) is 2. The summed E-state index contributed by atoms with van der Waals surface area (Å²) in [4.78, 5) is 37.0. The zero-order valence-electron chi connectivity index (χ0n) is 12.2. The first-order valence-corrected chi connectivity index (χ1v) is 6.59. The van der Waals surface area contributed by atoms with Gasteiger partial charge in [-0.2, -0.15) is 4.57 Å². The van der Waals surface area contributed by atoms with Gasteiger partial charge in [-0.1, -0.05) is 0 Å². The lowest BCUT2D eigenvalue weighted by Gasteiger charge is -2.03. The topological polar surface area (TPSA) is 129 Å². The molecule has 122 valence electrons. The zero-order valence-corrected chi connectivity index (χ0v) is 12.2. The first kappa shape index (κ1) is 16.2. The van der Waals surface area contributed by atoms with E-state index in [9.17, 15) is 19.7 Å². The molecule has 2 aromatic heterocycles. The SMILES string of the molecule is Cc1oc(=O)oc1C[n+]1cccc(C(=O)NCCO[N+](=O)[O-])c1. The summed E-state index contributed by atoms with van der Waals surface area (Å²) in [5.74, 6) is -0.458. The third kappa shape index (κ3) is 4.66. The van der Waals surface area contributed by atoms with E-state index in [1.807, 2.05) is 0 Å². The summed E-state index contributed by atoms with van der Waals surface area (Å²) < 4.78 is 11.3. The third-order valence-corrected chi connectivity index (χ3v) is 2.87. The van der Waals surface area contributed by atoms with Crippen LogP contribution < -0.4 is 15.7 Å². The minimum atomic E-state index is -0.927. The predicted octanol–water partition coefficient (Wildman–Crippen LogP) is -0.185. The van der Waals surface area contributed by atoms with Crippen molar-refractivity contribution in [1.82, 2.24) is 5.32 Å². The summed E-state index contributed by atoms with van der Waals surface area (Å²) >= 11 is 0. The van der Waals surface area contributed by atoms with Crippen LogP contribution in [-0.4, -0.2) is 24.1 Å². The van der Waals surface area contributed by atoms with Crippen molar-refractivity contribution in [2.75, 3.05) is 13.2 Å². The number of pyridine rings is 1. The van der Waals surface area contributed by atoms with E-state index in [0.717, 1.165) is 0 Å². The fraction of sp³-hybridized carbons (Fsp3) is 0.308. The van der Waals surface area contributed by atoms with E-state index < -0.39 is 16.8 Å². The number of hydrogen-bond donors (Lipinski definition) is 1. The molecule has 1 amide bonds. The molecule has 0 aliphatic rings. The average Bonchev–Trinajstić information content (AvgIpc) is 2.81.